The van der Waals surface area contributed by atoms with Crippen molar-refractivity contribution in [2.24, 2.45) is 0 Å². The van der Waals surface area contributed by atoms with Gasteiger partial charge in [-0.25, -0.2) is 10.2 Å². The van der Waals surface area contributed by atoms with Crippen LogP contribution in [0.25, 0.3) is 21.8 Å². The van der Waals surface area contributed by atoms with Crippen molar-refractivity contribution in [2.75, 3.05) is 5.73 Å². The van der Waals surface area contributed by atoms with Crippen LogP contribution in [0, 0.1) is 5.21 Å². The first-order chi connectivity index (χ1) is 12.6. The first-order valence-corrected chi connectivity index (χ1v) is 9.13. The van der Waals surface area contributed by atoms with Gasteiger partial charge in [-0.15, -0.1) is 11.8 Å². The fourth-order valence-electron chi connectivity index (χ4n) is 2.93. The summed E-state index contributed by atoms with van der Waals surface area (Å²) >= 11 is 1.72. The van der Waals surface area contributed by atoms with Crippen molar-refractivity contribution in [2.45, 2.75) is 10.6 Å². The highest BCUT2D eigenvalue weighted by Gasteiger charge is 2.10. The number of nitrogens with zero attached hydrogens (tertiary/aromatic N) is 1. The first-order valence-electron chi connectivity index (χ1n) is 8.15. The lowest BCUT2D eigenvalue weighted by Crippen LogP contribution is -2.99. The number of quaternary nitrogens is 1. The maximum Gasteiger partial charge on any atom is 0.163 e. The Morgan fingerprint density at radius 2 is 1.69 bits per heavy atom. The molecule has 0 aliphatic carbocycles. The molecule has 0 amide bonds. The van der Waals surface area contributed by atoms with E-state index in [1.165, 1.54) is 0 Å². The lowest BCUT2D eigenvalue weighted by atomic mass is 10.1. The van der Waals surface area contributed by atoms with Crippen LogP contribution in [0.4, 0.5) is 11.4 Å². The average molecular weight is 363 g/mol. The molecule has 3 aromatic carbocycles. The molecule has 26 heavy (non-hydrogen) atoms. The predicted octanol–water partition coefficient (Wildman–Crippen LogP) is 3.67. The number of anilines is 1. The molecule has 4 rings (SSSR count). The van der Waals surface area contributed by atoms with E-state index >= 15 is 0 Å². The third-order valence-electron chi connectivity index (χ3n) is 4.24. The quantitative estimate of drug-likeness (QED) is 0.223. The Hall–Kier alpha value is -2.64. The molecule has 4 N–H and O–H groups in total. The van der Waals surface area contributed by atoms with Gasteiger partial charge >= 0.3 is 0 Å². The zero-order chi connectivity index (χ0) is 18.1. The minimum Gasteiger partial charge on any atom is -0.595 e. The molecule has 4 aromatic rings. The Morgan fingerprint density at radius 1 is 0.962 bits per heavy atom. The van der Waals surface area contributed by atoms with Crippen LogP contribution in [0.15, 0.2) is 71.6 Å². The molecular formula is C20H17N3O2S. The molecule has 0 saturated heterocycles. The number of para-hydroxylation sites is 1. The van der Waals surface area contributed by atoms with Crippen LogP contribution < -0.4 is 11.0 Å². The van der Waals surface area contributed by atoms with Crippen LogP contribution >= 0.6 is 11.8 Å². The van der Waals surface area contributed by atoms with Gasteiger partial charge in [0.25, 0.3) is 0 Å². The number of thioether (sulfide) groups is 1. The van der Waals surface area contributed by atoms with Crippen molar-refractivity contribution in [1.82, 2.24) is 4.98 Å². The number of hydrogen-bond donors (Lipinski definition) is 3. The number of hydrogen-bond acceptors (Lipinski definition) is 5. The summed E-state index contributed by atoms with van der Waals surface area (Å²) < 4.78 is 0. The van der Waals surface area contributed by atoms with E-state index in [0.29, 0.717) is 11.4 Å². The highest BCUT2D eigenvalue weighted by atomic mass is 32.2. The second-order valence-corrected chi connectivity index (χ2v) is 7.01. The molecular weight excluding hydrogens is 346 g/mol. The summed E-state index contributed by atoms with van der Waals surface area (Å²) in [7, 11) is 0. The van der Waals surface area contributed by atoms with Crippen LogP contribution in [-0.4, -0.2) is 10.2 Å². The molecule has 0 bridgehead atoms. The zero-order valence-electron chi connectivity index (χ0n) is 13.8. The number of nitrogens with one attached hydrogen (secondary N) is 1. The summed E-state index contributed by atoms with van der Waals surface area (Å²) in [5, 5.41) is 21.3. The fourth-order valence-corrected chi connectivity index (χ4v) is 4.09. The van der Waals surface area contributed by atoms with Gasteiger partial charge in [0.2, 0.25) is 0 Å². The van der Waals surface area contributed by atoms with E-state index < -0.39 is 5.23 Å². The maximum atomic E-state index is 11.0. The number of rotatable bonds is 4. The summed E-state index contributed by atoms with van der Waals surface area (Å²) in [5.41, 5.74) is 9.82. The third kappa shape index (κ3) is 3.23. The van der Waals surface area contributed by atoms with Crippen LogP contribution in [0.5, 0.6) is 0 Å². The van der Waals surface area contributed by atoms with E-state index in [2.05, 4.69) is 6.07 Å². The molecule has 1 aromatic heterocycles. The molecule has 130 valence electrons. The summed E-state index contributed by atoms with van der Waals surface area (Å²) in [6.45, 7) is 0. The molecule has 0 spiro atoms. The third-order valence-corrected chi connectivity index (χ3v) is 5.45. The Kier molecular flexibility index (Phi) is 4.48. The summed E-state index contributed by atoms with van der Waals surface area (Å²) in [4.78, 5) is 5.89. The van der Waals surface area contributed by atoms with Gasteiger partial charge < -0.3 is 10.9 Å². The highest BCUT2D eigenvalue weighted by molar-refractivity contribution is 7.99. The fraction of sp³-hybridized carbons (Fsp3) is 0.0500. The van der Waals surface area contributed by atoms with Crippen molar-refractivity contribution in [3.05, 3.63) is 77.5 Å². The summed E-state index contributed by atoms with van der Waals surface area (Å²) in [6.07, 6.45) is 0. The largest absolute Gasteiger partial charge is 0.595 e. The minimum absolute atomic E-state index is 0.300. The molecule has 0 radical (unpaired) electrons. The maximum absolute atomic E-state index is 11.0. The Labute approximate surface area is 154 Å². The Bertz CT molecular complexity index is 1080. The number of benzene rings is 3. The smallest absolute Gasteiger partial charge is 0.163 e. The van der Waals surface area contributed by atoms with Gasteiger partial charge in [-0.2, -0.15) is 5.23 Å². The normalized spacial score (nSPS) is 12.5. The number of pyridine rings is 1. The van der Waals surface area contributed by atoms with Gasteiger partial charge in [0.15, 0.2) is 5.69 Å². The van der Waals surface area contributed by atoms with Crippen molar-refractivity contribution < 1.29 is 10.4 Å². The van der Waals surface area contributed by atoms with Crippen molar-refractivity contribution >= 4 is 44.9 Å². The van der Waals surface area contributed by atoms with Crippen LogP contribution in [0.1, 0.15) is 5.56 Å². The molecule has 1 heterocycles. The second-order valence-electron chi connectivity index (χ2n) is 6.03. The number of nitrogens with two attached hydrogens (primary N) is 1. The number of fused-ring (bicyclic) bond motifs is 2. The van der Waals surface area contributed by atoms with Gasteiger partial charge in [-0.3, -0.25) is 0 Å². The number of nitrogen functional groups attached to an aromatic ring is 1. The van der Waals surface area contributed by atoms with Gasteiger partial charge in [0.05, 0.1) is 11.0 Å². The van der Waals surface area contributed by atoms with Crippen LogP contribution in [-0.2, 0) is 5.75 Å². The van der Waals surface area contributed by atoms with E-state index in [4.69, 9.17) is 15.9 Å². The van der Waals surface area contributed by atoms with E-state index in [1.54, 1.807) is 23.9 Å². The minimum atomic E-state index is -0.909. The second kappa shape index (κ2) is 6.93. The lowest BCUT2D eigenvalue weighted by Gasteiger charge is -2.13. The van der Waals surface area contributed by atoms with Gasteiger partial charge in [0.1, 0.15) is 0 Å². The van der Waals surface area contributed by atoms with Crippen molar-refractivity contribution in [3.63, 3.8) is 0 Å². The zero-order valence-corrected chi connectivity index (χ0v) is 14.7. The van der Waals surface area contributed by atoms with Gasteiger partial charge in [-0.05, 0) is 29.8 Å². The standard InChI is InChI=1S/C20H17N3O2S/c21-14-7-10-17-19(11-14)22-18-4-2-1-3-16(18)20(17)26-12-13-5-8-15(9-6-13)23(24)25/h1-11,23-24H,12,21H2. The van der Waals surface area contributed by atoms with E-state index in [0.717, 1.165) is 38.0 Å². The molecule has 1 atom stereocenters. The molecule has 0 aliphatic heterocycles. The molecule has 0 aliphatic rings. The van der Waals surface area contributed by atoms with Gasteiger partial charge in [0, 0.05) is 39.2 Å². The molecule has 6 heteroatoms. The summed E-state index contributed by atoms with van der Waals surface area (Å²) in [5.74, 6) is 0.743. The SMILES string of the molecule is Nc1ccc2c(SCc3ccc([NH+]([O-])O)cc3)c3ccccc3nc2c1. The van der Waals surface area contributed by atoms with E-state index in [1.807, 2.05) is 48.5 Å². The van der Waals surface area contributed by atoms with Crippen LogP contribution in [0.2, 0.25) is 0 Å². The highest BCUT2D eigenvalue weighted by Crippen LogP contribution is 2.36. The lowest BCUT2D eigenvalue weighted by molar-refractivity contribution is -0.991. The Balaban J connectivity index is 1.74. The van der Waals surface area contributed by atoms with E-state index in [-0.39, 0.29) is 0 Å². The molecule has 0 fully saturated rings. The number of aromatic nitrogens is 1. The Morgan fingerprint density at radius 3 is 2.46 bits per heavy atom. The van der Waals surface area contributed by atoms with E-state index in [9.17, 15) is 5.21 Å². The molecule has 1 unspecified atom stereocenters. The topological polar surface area (TPSA) is 86.6 Å². The molecule has 5 nitrogen and oxygen atoms in total. The van der Waals surface area contributed by atoms with Crippen molar-refractivity contribution in [1.29, 1.82) is 0 Å². The average Bonchev–Trinajstić information content (AvgIpc) is 2.65. The monoisotopic (exact) mass is 363 g/mol. The van der Waals surface area contributed by atoms with Crippen molar-refractivity contribution in [3.8, 4) is 0 Å². The predicted molar refractivity (Wildman–Crippen MR) is 105 cm³/mol. The first kappa shape index (κ1) is 16.8. The molecule has 0 saturated carbocycles. The van der Waals surface area contributed by atoms with Crippen LogP contribution in [0.3, 0.4) is 0 Å². The summed E-state index contributed by atoms with van der Waals surface area (Å²) in [6, 6.07) is 20.9. The van der Waals surface area contributed by atoms with Gasteiger partial charge in [-0.1, -0.05) is 30.3 Å².